The van der Waals surface area contributed by atoms with E-state index < -0.39 is 10.8 Å². The maximum Gasteiger partial charge on any atom is 0.243 e. The van der Waals surface area contributed by atoms with Crippen LogP contribution in [0, 0.1) is 6.92 Å². The van der Waals surface area contributed by atoms with Crippen molar-refractivity contribution >= 4 is 22.4 Å². The van der Waals surface area contributed by atoms with Gasteiger partial charge in [-0.05, 0) is 26.0 Å². The van der Waals surface area contributed by atoms with Gasteiger partial charge in [0.15, 0.2) is 5.65 Å². The first-order valence-electron chi connectivity index (χ1n) is 5.45. The first-order valence-corrected chi connectivity index (χ1v) is 7.18. The Labute approximate surface area is 103 Å². The van der Waals surface area contributed by atoms with E-state index in [9.17, 15) is 4.21 Å². The maximum absolute atomic E-state index is 11.1. The van der Waals surface area contributed by atoms with E-state index in [1.165, 1.54) is 0 Å². The van der Waals surface area contributed by atoms with Crippen molar-refractivity contribution in [2.45, 2.75) is 19.9 Å². The van der Waals surface area contributed by atoms with Crippen molar-refractivity contribution in [2.24, 2.45) is 0 Å². The number of hydrogen-bond acceptors (Lipinski definition) is 4. The van der Waals surface area contributed by atoms with Crippen molar-refractivity contribution in [2.75, 3.05) is 17.3 Å². The van der Waals surface area contributed by atoms with Gasteiger partial charge in [-0.2, -0.15) is 4.98 Å². The second-order valence-electron chi connectivity index (χ2n) is 4.16. The molecule has 92 valence electrons. The highest BCUT2D eigenvalue weighted by Gasteiger charge is 2.09. The SMILES string of the molecule is Cc1cccc2nc(NC(C)CS(C)=O)nn12. The lowest BCUT2D eigenvalue weighted by Crippen LogP contribution is -2.22. The third kappa shape index (κ3) is 2.82. The van der Waals surface area contributed by atoms with Crippen LogP contribution in [0.4, 0.5) is 5.95 Å². The van der Waals surface area contributed by atoms with Crippen molar-refractivity contribution < 1.29 is 4.21 Å². The number of aromatic nitrogens is 3. The van der Waals surface area contributed by atoms with Gasteiger partial charge in [0.25, 0.3) is 0 Å². The van der Waals surface area contributed by atoms with E-state index in [2.05, 4.69) is 15.4 Å². The lowest BCUT2D eigenvalue weighted by atomic mass is 10.4. The number of rotatable bonds is 4. The monoisotopic (exact) mass is 252 g/mol. The van der Waals surface area contributed by atoms with Crippen molar-refractivity contribution in [3.8, 4) is 0 Å². The Kier molecular flexibility index (Phi) is 3.42. The molecule has 2 heterocycles. The summed E-state index contributed by atoms with van der Waals surface area (Å²) < 4.78 is 12.9. The van der Waals surface area contributed by atoms with Gasteiger partial charge >= 0.3 is 0 Å². The van der Waals surface area contributed by atoms with Crippen LogP contribution in [0.1, 0.15) is 12.6 Å². The number of pyridine rings is 1. The van der Waals surface area contributed by atoms with Gasteiger partial charge in [-0.15, -0.1) is 5.10 Å². The van der Waals surface area contributed by atoms with E-state index in [4.69, 9.17) is 0 Å². The fraction of sp³-hybridized carbons (Fsp3) is 0.455. The predicted octanol–water partition coefficient (Wildman–Crippen LogP) is 1.22. The van der Waals surface area contributed by atoms with Crippen LogP contribution >= 0.6 is 0 Å². The highest BCUT2D eigenvalue weighted by atomic mass is 32.2. The number of nitrogens with one attached hydrogen (secondary N) is 1. The fourth-order valence-electron chi connectivity index (χ4n) is 1.71. The maximum atomic E-state index is 11.1. The zero-order valence-electron chi connectivity index (χ0n) is 10.2. The second kappa shape index (κ2) is 4.83. The van der Waals surface area contributed by atoms with Crippen molar-refractivity contribution in [1.29, 1.82) is 0 Å². The zero-order valence-corrected chi connectivity index (χ0v) is 11.0. The Hall–Kier alpha value is -1.43. The number of hydrogen-bond donors (Lipinski definition) is 1. The van der Waals surface area contributed by atoms with Gasteiger partial charge in [-0.3, -0.25) is 4.21 Å². The summed E-state index contributed by atoms with van der Waals surface area (Å²) in [5, 5.41) is 7.51. The fourth-order valence-corrected chi connectivity index (χ4v) is 2.50. The molecule has 0 amide bonds. The Bertz CT molecular complexity index is 551. The van der Waals surface area contributed by atoms with Crippen LogP contribution in [0.2, 0.25) is 0 Å². The average Bonchev–Trinajstić information content (AvgIpc) is 2.60. The summed E-state index contributed by atoms with van der Waals surface area (Å²) in [6.45, 7) is 3.95. The quantitative estimate of drug-likeness (QED) is 0.888. The molecule has 2 aromatic heterocycles. The van der Waals surface area contributed by atoms with Crippen LogP contribution < -0.4 is 5.32 Å². The molecule has 2 aromatic rings. The largest absolute Gasteiger partial charge is 0.350 e. The lowest BCUT2D eigenvalue weighted by Gasteiger charge is -2.09. The van der Waals surface area contributed by atoms with Gasteiger partial charge in [0.1, 0.15) is 0 Å². The second-order valence-corrected chi connectivity index (χ2v) is 5.64. The van der Waals surface area contributed by atoms with Gasteiger partial charge in [0, 0.05) is 34.5 Å². The van der Waals surface area contributed by atoms with Crippen LogP contribution in [0.25, 0.3) is 5.65 Å². The normalized spacial score (nSPS) is 14.8. The molecule has 0 aliphatic rings. The van der Waals surface area contributed by atoms with E-state index in [1.54, 1.807) is 10.8 Å². The molecule has 0 aliphatic carbocycles. The van der Waals surface area contributed by atoms with Crippen molar-refractivity contribution in [3.63, 3.8) is 0 Å². The number of anilines is 1. The van der Waals surface area contributed by atoms with Crippen LogP contribution in [0.15, 0.2) is 18.2 Å². The standard InChI is InChI=1S/C11H16N4OS/c1-8(7-17(3)16)12-11-13-10-6-4-5-9(2)15(10)14-11/h4-6,8H,7H2,1-3H3,(H,12,14). The summed E-state index contributed by atoms with van der Waals surface area (Å²) in [7, 11) is -0.816. The van der Waals surface area contributed by atoms with Crippen molar-refractivity contribution in [1.82, 2.24) is 14.6 Å². The molecule has 0 spiro atoms. The van der Waals surface area contributed by atoms with Crippen LogP contribution in [-0.4, -0.2) is 36.9 Å². The minimum atomic E-state index is -0.816. The molecule has 0 saturated carbocycles. The molecule has 5 nitrogen and oxygen atoms in total. The first kappa shape index (κ1) is 12.0. The average molecular weight is 252 g/mol. The van der Waals surface area contributed by atoms with Crippen molar-refractivity contribution in [3.05, 3.63) is 23.9 Å². The summed E-state index contributed by atoms with van der Waals surface area (Å²) in [4.78, 5) is 4.36. The number of nitrogens with zero attached hydrogens (tertiary/aromatic N) is 3. The number of aryl methyl sites for hydroxylation is 1. The Balaban J connectivity index is 2.20. The highest BCUT2D eigenvalue weighted by Crippen LogP contribution is 2.08. The minimum absolute atomic E-state index is 0.0959. The Morgan fingerprint density at radius 2 is 2.29 bits per heavy atom. The molecule has 0 radical (unpaired) electrons. The molecule has 2 unspecified atom stereocenters. The molecule has 0 saturated heterocycles. The van der Waals surface area contributed by atoms with Gasteiger partial charge < -0.3 is 5.32 Å². The molecule has 1 N–H and O–H groups in total. The molecule has 0 bridgehead atoms. The Morgan fingerprint density at radius 3 is 2.94 bits per heavy atom. The smallest absolute Gasteiger partial charge is 0.243 e. The molecule has 2 atom stereocenters. The van der Waals surface area contributed by atoms with Gasteiger partial charge in [0.05, 0.1) is 0 Å². The van der Waals surface area contributed by atoms with Gasteiger partial charge in [-0.25, -0.2) is 4.52 Å². The third-order valence-corrected chi connectivity index (χ3v) is 3.38. The van der Waals surface area contributed by atoms with Crippen LogP contribution in [0.5, 0.6) is 0 Å². The summed E-state index contributed by atoms with van der Waals surface area (Å²) in [5.41, 5.74) is 1.85. The molecular formula is C11H16N4OS. The molecule has 0 aliphatic heterocycles. The molecule has 17 heavy (non-hydrogen) atoms. The topological polar surface area (TPSA) is 59.3 Å². The van der Waals surface area contributed by atoms with E-state index in [0.717, 1.165) is 11.3 Å². The van der Waals surface area contributed by atoms with E-state index >= 15 is 0 Å². The van der Waals surface area contributed by atoms with Crippen LogP contribution in [-0.2, 0) is 10.8 Å². The Morgan fingerprint density at radius 1 is 1.53 bits per heavy atom. The van der Waals surface area contributed by atoms with Gasteiger partial charge in [-0.1, -0.05) is 6.07 Å². The molecule has 0 aromatic carbocycles. The summed E-state index contributed by atoms with van der Waals surface area (Å²) in [5.74, 6) is 1.17. The zero-order chi connectivity index (χ0) is 12.4. The lowest BCUT2D eigenvalue weighted by molar-refractivity contribution is 0.682. The molecule has 0 fully saturated rings. The predicted molar refractivity (Wildman–Crippen MR) is 69.7 cm³/mol. The highest BCUT2D eigenvalue weighted by molar-refractivity contribution is 7.84. The molecule has 2 rings (SSSR count). The summed E-state index contributed by atoms with van der Waals surface area (Å²) in [6, 6.07) is 5.94. The minimum Gasteiger partial charge on any atom is -0.350 e. The van der Waals surface area contributed by atoms with E-state index in [1.807, 2.05) is 32.0 Å². The van der Waals surface area contributed by atoms with Gasteiger partial charge in [0.2, 0.25) is 5.95 Å². The number of fused-ring (bicyclic) bond motifs is 1. The van der Waals surface area contributed by atoms with E-state index in [0.29, 0.717) is 11.7 Å². The summed E-state index contributed by atoms with van der Waals surface area (Å²) >= 11 is 0. The molecular weight excluding hydrogens is 236 g/mol. The molecule has 6 heteroatoms. The third-order valence-electron chi connectivity index (χ3n) is 2.41. The van der Waals surface area contributed by atoms with E-state index in [-0.39, 0.29) is 6.04 Å². The summed E-state index contributed by atoms with van der Waals surface area (Å²) in [6.07, 6.45) is 1.69. The first-order chi connectivity index (χ1) is 8.06. The van der Waals surface area contributed by atoms with Crippen LogP contribution in [0.3, 0.4) is 0 Å².